The zero-order valence-corrected chi connectivity index (χ0v) is 22.5. The average Bonchev–Trinajstić information content (AvgIpc) is 3.13. The van der Waals surface area contributed by atoms with E-state index in [-0.39, 0.29) is 16.7 Å². The van der Waals surface area contributed by atoms with Crippen molar-refractivity contribution in [2.75, 3.05) is 46.5 Å². The number of hydrogen-bond donors (Lipinski definition) is 1. The number of aliphatic hydroxyl groups excluding tert-OH is 1. The third-order valence-corrected chi connectivity index (χ3v) is 7.28. The largest absolute Gasteiger partial charge is 0.507 e. The van der Waals surface area contributed by atoms with Gasteiger partial charge in [0.25, 0.3) is 11.7 Å². The van der Waals surface area contributed by atoms with E-state index < -0.39 is 17.7 Å². The second-order valence-corrected chi connectivity index (χ2v) is 10.9. The molecule has 0 unspecified atom stereocenters. The van der Waals surface area contributed by atoms with E-state index in [0.29, 0.717) is 31.1 Å². The van der Waals surface area contributed by atoms with Crippen LogP contribution < -0.4 is 4.74 Å². The molecule has 4 rings (SSSR count). The minimum absolute atomic E-state index is 0.0287. The van der Waals surface area contributed by atoms with E-state index in [2.05, 4.69) is 25.7 Å². The lowest BCUT2D eigenvalue weighted by atomic mass is 9.85. The van der Waals surface area contributed by atoms with Crippen molar-refractivity contribution in [3.8, 4) is 5.75 Å². The zero-order chi connectivity index (χ0) is 26.7. The first kappa shape index (κ1) is 26.9. The minimum atomic E-state index is -0.652. The van der Waals surface area contributed by atoms with E-state index in [4.69, 9.17) is 9.47 Å². The Kier molecular flexibility index (Phi) is 8.05. The summed E-state index contributed by atoms with van der Waals surface area (Å²) in [6.45, 7) is 12.7. The summed E-state index contributed by atoms with van der Waals surface area (Å²) in [5.41, 5.74) is 3.39. The Hall–Kier alpha value is -3.16. The average molecular weight is 507 g/mol. The number of rotatable bonds is 7. The Balaban J connectivity index is 1.71. The van der Waals surface area contributed by atoms with Crippen molar-refractivity contribution < 1.29 is 24.2 Å². The maximum absolute atomic E-state index is 13.4. The predicted octanol–water partition coefficient (Wildman–Crippen LogP) is 4.45. The number of Topliss-reactive ketones (excluding diaryl/α,β-unsaturated/α-hetero) is 1. The maximum Gasteiger partial charge on any atom is 0.295 e. The van der Waals surface area contributed by atoms with Gasteiger partial charge in [-0.05, 0) is 53.6 Å². The molecule has 37 heavy (non-hydrogen) atoms. The monoisotopic (exact) mass is 506 g/mol. The topological polar surface area (TPSA) is 79.3 Å². The molecular formula is C30H38N2O5. The molecule has 2 heterocycles. The first-order chi connectivity index (χ1) is 17.6. The highest BCUT2D eigenvalue weighted by molar-refractivity contribution is 6.46. The Labute approximate surface area is 219 Å². The molecule has 2 saturated heterocycles. The second-order valence-electron chi connectivity index (χ2n) is 10.9. The smallest absolute Gasteiger partial charge is 0.295 e. The van der Waals surface area contributed by atoms with Gasteiger partial charge in [0.2, 0.25) is 0 Å². The van der Waals surface area contributed by atoms with Gasteiger partial charge in [-0.2, -0.15) is 0 Å². The zero-order valence-electron chi connectivity index (χ0n) is 22.5. The number of ether oxygens (including phenoxy) is 2. The Bertz CT molecular complexity index is 1170. The fraction of sp³-hybridized carbons (Fsp3) is 0.467. The highest BCUT2D eigenvalue weighted by Gasteiger charge is 2.46. The molecule has 7 heteroatoms. The highest BCUT2D eigenvalue weighted by atomic mass is 16.5. The van der Waals surface area contributed by atoms with Gasteiger partial charge in [-0.1, -0.05) is 45.0 Å². The molecule has 2 aliphatic heterocycles. The number of amides is 1. The summed E-state index contributed by atoms with van der Waals surface area (Å²) in [6, 6.07) is 12.6. The van der Waals surface area contributed by atoms with Gasteiger partial charge in [0.15, 0.2) is 0 Å². The number of morpholine rings is 1. The summed E-state index contributed by atoms with van der Waals surface area (Å²) < 4.78 is 10.8. The fourth-order valence-corrected chi connectivity index (χ4v) is 5.09. The van der Waals surface area contributed by atoms with E-state index in [1.165, 1.54) is 0 Å². The number of methoxy groups -OCH3 is 1. The number of aryl methyl sites for hydroxylation is 1. The van der Waals surface area contributed by atoms with Crippen molar-refractivity contribution in [1.29, 1.82) is 0 Å². The number of hydrogen-bond acceptors (Lipinski definition) is 6. The van der Waals surface area contributed by atoms with Gasteiger partial charge in [-0.15, -0.1) is 0 Å². The third-order valence-electron chi connectivity index (χ3n) is 7.28. The number of ketones is 1. The summed E-state index contributed by atoms with van der Waals surface area (Å²) in [7, 11) is 1.59. The molecule has 7 nitrogen and oxygen atoms in total. The number of carbonyl (C=O) groups is 2. The standard InChI is InChI=1S/C30H38N2O5/c1-20-19-22(9-12-24(20)36-5)27(33)25-26(21-7-10-23(11-8-21)30(2,3)4)32(29(35)28(25)34)14-6-13-31-15-17-37-18-16-31/h7-12,19,26,33H,6,13-18H2,1-5H3/t26-/m1/s1. The summed E-state index contributed by atoms with van der Waals surface area (Å²) in [4.78, 5) is 30.6. The van der Waals surface area contributed by atoms with Gasteiger partial charge in [0, 0.05) is 31.7 Å². The number of aliphatic hydroxyl groups is 1. The van der Waals surface area contributed by atoms with Crippen molar-refractivity contribution in [2.45, 2.75) is 45.6 Å². The van der Waals surface area contributed by atoms with Gasteiger partial charge in [-0.25, -0.2) is 0 Å². The molecule has 1 amide bonds. The second kappa shape index (κ2) is 11.1. The van der Waals surface area contributed by atoms with Gasteiger partial charge in [0.05, 0.1) is 31.9 Å². The van der Waals surface area contributed by atoms with Crippen molar-refractivity contribution in [2.24, 2.45) is 0 Å². The SMILES string of the molecule is COc1ccc(C(O)=C2C(=O)C(=O)N(CCCN3CCOCC3)[C@@H]2c2ccc(C(C)(C)C)cc2)cc1C. The normalized spacial score (nSPS) is 20.5. The molecule has 1 atom stereocenters. The number of benzene rings is 2. The van der Waals surface area contributed by atoms with E-state index >= 15 is 0 Å². The van der Waals surface area contributed by atoms with Crippen LogP contribution in [-0.4, -0.2) is 73.1 Å². The van der Waals surface area contributed by atoms with Gasteiger partial charge >= 0.3 is 0 Å². The molecule has 0 saturated carbocycles. The molecule has 0 bridgehead atoms. The lowest BCUT2D eigenvalue weighted by Crippen LogP contribution is -2.39. The van der Waals surface area contributed by atoms with E-state index in [0.717, 1.165) is 42.7 Å². The number of likely N-dealkylation sites (tertiary alicyclic amines) is 1. The Morgan fingerprint density at radius 2 is 1.73 bits per heavy atom. The molecule has 2 aromatic rings. The van der Waals surface area contributed by atoms with Crippen LogP contribution in [-0.2, 0) is 19.7 Å². The molecule has 0 radical (unpaired) electrons. The lowest BCUT2D eigenvalue weighted by Gasteiger charge is -2.29. The van der Waals surface area contributed by atoms with Crippen molar-refractivity contribution in [3.63, 3.8) is 0 Å². The highest BCUT2D eigenvalue weighted by Crippen LogP contribution is 2.40. The van der Waals surface area contributed by atoms with Crippen LogP contribution in [0.1, 0.15) is 55.5 Å². The number of nitrogens with zero attached hydrogens (tertiary/aromatic N) is 2. The summed E-state index contributed by atoms with van der Waals surface area (Å²) in [5.74, 6) is -0.694. The van der Waals surface area contributed by atoms with E-state index in [1.807, 2.05) is 31.2 Å². The van der Waals surface area contributed by atoms with E-state index in [1.54, 1.807) is 30.2 Å². The summed E-state index contributed by atoms with van der Waals surface area (Å²) in [6.07, 6.45) is 0.727. The lowest BCUT2D eigenvalue weighted by molar-refractivity contribution is -0.140. The predicted molar refractivity (Wildman–Crippen MR) is 144 cm³/mol. The molecule has 198 valence electrons. The van der Waals surface area contributed by atoms with Crippen LogP contribution in [0, 0.1) is 6.92 Å². The minimum Gasteiger partial charge on any atom is -0.507 e. The van der Waals surface area contributed by atoms with Gasteiger partial charge in [-0.3, -0.25) is 14.5 Å². The number of carbonyl (C=O) groups excluding carboxylic acids is 2. The molecular weight excluding hydrogens is 468 g/mol. The molecule has 2 aliphatic rings. The van der Waals surface area contributed by atoms with Crippen LogP contribution in [0.3, 0.4) is 0 Å². The molecule has 2 fully saturated rings. The van der Waals surface area contributed by atoms with Crippen LogP contribution >= 0.6 is 0 Å². The maximum atomic E-state index is 13.4. The molecule has 0 aliphatic carbocycles. The quantitative estimate of drug-likeness (QED) is 0.340. The van der Waals surface area contributed by atoms with Crippen LogP contribution in [0.15, 0.2) is 48.0 Å². The van der Waals surface area contributed by atoms with Crippen LogP contribution in [0.5, 0.6) is 5.75 Å². The summed E-state index contributed by atoms with van der Waals surface area (Å²) in [5, 5.41) is 11.4. The van der Waals surface area contributed by atoms with Crippen molar-refractivity contribution >= 4 is 17.4 Å². The van der Waals surface area contributed by atoms with Crippen LogP contribution in [0.25, 0.3) is 5.76 Å². The molecule has 2 aromatic carbocycles. The fourth-order valence-electron chi connectivity index (χ4n) is 5.09. The first-order valence-electron chi connectivity index (χ1n) is 13.0. The van der Waals surface area contributed by atoms with Crippen LogP contribution in [0.2, 0.25) is 0 Å². The van der Waals surface area contributed by atoms with Crippen LogP contribution in [0.4, 0.5) is 0 Å². The Morgan fingerprint density at radius 3 is 2.32 bits per heavy atom. The first-order valence-corrected chi connectivity index (χ1v) is 13.0. The third kappa shape index (κ3) is 5.73. The van der Waals surface area contributed by atoms with Gasteiger partial charge < -0.3 is 19.5 Å². The Morgan fingerprint density at radius 1 is 1.05 bits per heavy atom. The van der Waals surface area contributed by atoms with Gasteiger partial charge in [0.1, 0.15) is 11.5 Å². The molecule has 0 aromatic heterocycles. The van der Waals surface area contributed by atoms with E-state index in [9.17, 15) is 14.7 Å². The molecule has 1 N–H and O–H groups in total. The summed E-state index contributed by atoms with van der Waals surface area (Å²) >= 11 is 0. The molecule has 0 spiro atoms. The van der Waals surface area contributed by atoms with Crippen molar-refractivity contribution in [1.82, 2.24) is 9.80 Å². The van der Waals surface area contributed by atoms with Crippen molar-refractivity contribution in [3.05, 3.63) is 70.3 Å².